The highest BCUT2D eigenvalue weighted by molar-refractivity contribution is 5.96. The average molecular weight is 514 g/mol. The molecule has 0 aliphatic carbocycles. The third kappa shape index (κ3) is 7.15. The number of carbonyl (C=O) groups is 1. The van der Waals surface area contributed by atoms with Gasteiger partial charge in [-0.1, -0.05) is 43.9 Å². The number of nitrogens with zero attached hydrogens (tertiary/aromatic N) is 3. The van der Waals surface area contributed by atoms with E-state index in [9.17, 15) is 4.79 Å². The van der Waals surface area contributed by atoms with Crippen LogP contribution >= 0.6 is 0 Å². The van der Waals surface area contributed by atoms with Crippen LogP contribution in [0.2, 0.25) is 0 Å². The number of aromatic nitrogens is 1. The maximum absolute atomic E-state index is 12.4. The van der Waals surface area contributed by atoms with Crippen LogP contribution < -0.4 is 15.5 Å². The zero-order valence-corrected chi connectivity index (χ0v) is 22.6. The molecule has 38 heavy (non-hydrogen) atoms. The summed E-state index contributed by atoms with van der Waals surface area (Å²) in [7, 11) is 1.89. The van der Waals surface area contributed by atoms with Crippen molar-refractivity contribution in [1.82, 2.24) is 15.2 Å². The molecule has 1 saturated heterocycles. The molecule has 0 atom stereocenters. The standard InChI is InChI=1S/C31H39N5O2/c1-5-15-36(16-8-9-23(3)26-21-38-22-26)28-11-7-10-24(18-28)29-12-13-30(34-29)33-27(6-2)19-32-31(37)25-14-17-35(4)20-25/h7,10-12,14,17-18,20,26H,2-3,5,8-9,13,15-16,19,21-22H2,1,4H3,(H,32,37)(H,33,34). The van der Waals surface area contributed by atoms with Gasteiger partial charge in [0, 0.05) is 56.1 Å². The lowest BCUT2D eigenvalue weighted by Gasteiger charge is -2.29. The third-order valence-corrected chi connectivity index (χ3v) is 6.91. The van der Waals surface area contributed by atoms with Crippen molar-refractivity contribution in [1.29, 1.82) is 0 Å². The van der Waals surface area contributed by atoms with Crippen LogP contribution in [0.1, 0.15) is 48.5 Å². The van der Waals surface area contributed by atoms with Crippen molar-refractivity contribution >= 4 is 23.1 Å². The Morgan fingerprint density at radius 3 is 2.82 bits per heavy atom. The fourth-order valence-electron chi connectivity index (χ4n) is 4.60. The van der Waals surface area contributed by atoms with E-state index >= 15 is 0 Å². The summed E-state index contributed by atoms with van der Waals surface area (Å²) in [5.41, 5.74) is 8.76. The molecule has 0 unspecified atom stereocenters. The highest BCUT2D eigenvalue weighted by atomic mass is 16.5. The van der Waals surface area contributed by atoms with Gasteiger partial charge in [0.2, 0.25) is 0 Å². The number of rotatable bonds is 13. The largest absolute Gasteiger partial charge is 0.380 e. The lowest BCUT2D eigenvalue weighted by Crippen LogP contribution is -2.32. The molecule has 2 aromatic rings. The molecule has 1 amide bonds. The minimum Gasteiger partial charge on any atom is -0.380 e. The minimum atomic E-state index is -0.137. The van der Waals surface area contributed by atoms with Crippen molar-refractivity contribution in [2.75, 3.05) is 37.7 Å². The number of benzene rings is 1. The van der Waals surface area contributed by atoms with E-state index in [2.05, 4.69) is 71.7 Å². The van der Waals surface area contributed by atoms with Crippen LogP contribution in [-0.2, 0) is 11.8 Å². The van der Waals surface area contributed by atoms with Crippen molar-refractivity contribution in [3.8, 4) is 0 Å². The molecule has 200 valence electrons. The molecular formula is C31H39N5O2. The van der Waals surface area contributed by atoms with Crippen LogP contribution in [-0.4, -0.2) is 49.2 Å². The number of carbonyl (C=O) groups excluding carboxylic acids is 1. The quantitative estimate of drug-likeness (QED) is 0.290. The summed E-state index contributed by atoms with van der Waals surface area (Å²) in [6.45, 7) is 14.2. The molecule has 7 nitrogen and oxygen atoms in total. The molecule has 3 heterocycles. The third-order valence-electron chi connectivity index (χ3n) is 6.91. The van der Waals surface area contributed by atoms with Crippen molar-refractivity contribution in [2.24, 2.45) is 18.0 Å². The van der Waals surface area contributed by atoms with Crippen molar-refractivity contribution in [3.63, 3.8) is 0 Å². The summed E-state index contributed by atoms with van der Waals surface area (Å²) in [6, 6.07) is 10.4. The Morgan fingerprint density at radius 2 is 2.13 bits per heavy atom. The van der Waals surface area contributed by atoms with Gasteiger partial charge < -0.3 is 24.8 Å². The van der Waals surface area contributed by atoms with E-state index in [1.165, 1.54) is 11.3 Å². The zero-order chi connectivity index (χ0) is 26.9. The summed E-state index contributed by atoms with van der Waals surface area (Å²) in [5.74, 6) is 1.22. The van der Waals surface area contributed by atoms with Gasteiger partial charge in [0.05, 0.1) is 36.7 Å². The normalized spacial score (nSPS) is 14.7. The second-order valence-corrected chi connectivity index (χ2v) is 9.91. The fourth-order valence-corrected chi connectivity index (χ4v) is 4.60. The van der Waals surface area contributed by atoms with E-state index in [0.29, 0.717) is 30.1 Å². The Morgan fingerprint density at radius 1 is 1.29 bits per heavy atom. The molecule has 1 aromatic heterocycles. The summed E-state index contributed by atoms with van der Waals surface area (Å²) in [4.78, 5) is 19.6. The number of hydrogen-bond donors (Lipinski definition) is 2. The first-order valence-electron chi connectivity index (χ1n) is 13.4. The van der Waals surface area contributed by atoms with Crippen LogP contribution in [0.3, 0.4) is 0 Å². The van der Waals surface area contributed by atoms with Gasteiger partial charge in [0.25, 0.3) is 5.91 Å². The van der Waals surface area contributed by atoms with E-state index in [0.717, 1.165) is 62.7 Å². The topological polar surface area (TPSA) is 70.9 Å². The Kier molecular flexibility index (Phi) is 9.41. The van der Waals surface area contributed by atoms with Gasteiger partial charge in [-0.15, -0.1) is 5.73 Å². The molecular weight excluding hydrogens is 474 g/mol. The molecule has 0 saturated carbocycles. The number of amides is 1. The molecule has 1 aromatic carbocycles. The van der Waals surface area contributed by atoms with Gasteiger partial charge >= 0.3 is 0 Å². The van der Waals surface area contributed by atoms with Gasteiger partial charge in [0.1, 0.15) is 5.84 Å². The van der Waals surface area contributed by atoms with E-state index in [1.54, 1.807) is 12.3 Å². The van der Waals surface area contributed by atoms with Crippen LogP contribution in [0.5, 0.6) is 0 Å². The first kappa shape index (κ1) is 27.2. The van der Waals surface area contributed by atoms with E-state index < -0.39 is 0 Å². The summed E-state index contributed by atoms with van der Waals surface area (Å²) in [6.07, 6.45) is 9.66. The molecule has 4 rings (SSSR count). The Labute approximate surface area is 226 Å². The monoisotopic (exact) mass is 513 g/mol. The van der Waals surface area contributed by atoms with E-state index in [1.807, 2.05) is 17.8 Å². The Hall–Kier alpha value is -3.80. The maximum atomic E-state index is 12.4. The van der Waals surface area contributed by atoms with Crippen molar-refractivity contribution < 1.29 is 9.53 Å². The smallest absolute Gasteiger partial charge is 0.253 e. The van der Waals surface area contributed by atoms with Gasteiger partial charge in [-0.2, -0.15) is 0 Å². The first-order valence-corrected chi connectivity index (χ1v) is 13.4. The number of ether oxygens (including phenoxy) is 1. The highest BCUT2D eigenvalue weighted by Gasteiger charge is 2.21. The Bertz CT molecular complexity index is 1260. The lowest BCUT2D eigenvalue weighted by molar-refractivity contribution is -0.0145. The number of amidine groups is 1. The first-order chi connectivity index (χ1) is 18.5. The van der Waals surface area contributed by atoms with E-state index in [4.69, 9.17) is 9.73 Å². The van der Waals surface area contributed by atoms with E-state index in [-0.39, 0.29) is 5.91 Å². The molecule has 0 spiro atoms. The molecule has 2 aliphatic heterocycles. The van der Waals surface area contributed by atoms with Crippen LogP contribution in [0.15, 0.2) is 84.0 Å². The summed E-state index contributed by atoms with van der Waals surface area (Å²) >= 11 is 0. The number of hydrogen-bond acceptors (Lipinski definition) is 5. The summed E-state index contributed by atoms with van der Waals surface area (Å²) < 4.78 is 7.15. The number of aryl methyl sites for hydroxylation is 1. The predicted octanol–water partition coefficient (Wildman–Crippen LogP) is 5.06. The fraction of sp³-hybridized carbons (Fsp3) is 0.387. The molecule has 1 fully saturated rings. The van der Waals surface area contributed by atoms with Crippen molar-refractivity contribution in [3.05, 3.63) is 90.1 Å². The SMILES string of the molecule is C=C=C(CNC(=O)c1ccn(C)c1)NC1=NC(c2cccc(N(CCC)CCCC(=C)C3COC3)c2)=CC1. The molecule has 0 bridgehead atoms. The molecule has 2 aliphatic rings. The Balaban J connectivity index is 1.33. The van der Waals surface area contributed by atoms with Crippen LogP contribution in [0.4, 0.5) is 5.69 Å². The average Bonchev–Trinajstić information content (AvgIpc) is 3.54. The van der Waals surface area contributed by atoms with Crippen LogP contribution in [0.25, 0.3) is 5.70 Å². The minimum absolute atomic E-state index is 0.137. The molecule has 0 radical (unpaired) electrons. The lowest BCUT2D eigenvalue weighted by atomic mass is 9.95. The number of aliphatic imine (C=N–C) groups is 1. The highest BCUT2D eigenvalue weighted by Crippen LogP contribution is 2.27. The molecule has 7 heteroatoms. The second-order valence-electron chi connectivity index (χ2n) is 9.91. The van der Waals surface area contributed by atoms with Crippen LogP contribution in [0, 0.1) is 5.92 Å². The van der Waals surface area contributed by atoms with Gasteiger partial charge in [-0.25, -0.2) is 4.99 Å². The van der Waals surface area contributed by atoms with Gasteiger partial charge in [-0.3, -0.25) is 4.79 Å². The van der Waals surface area contributed by atoms with Gasteiger partial charge in [0.15, 0.2) is 0 Å². The zero-order valence-electron chi connectivity index (χ0n) is 22.6. The second kappa shape index (κ2) is 13.1. The summed E-state index contributed by atoms with van der Waals surface area (Å²) in [5, 5.41) is 6.19. The maximum Gasteiger partial charge on any atom is 0.253 e. The number of nitrogens with one attached hydrogen (secondary N) is 2. The van der Waals surface area contributed by atoms with Crippen molar-refractivity contribution in [2.45, 2.75) is 32.6 Å². The van der Waals surface area contributed by atoms with Gasteiger partial charge in [-0.05, 0) is 37.5 Å². The molecule has 2 N–H and O–H groups in total. The number of anilines is 1. The predicted molar refractivity (Wildman–Crippen MR) is 155 cm³/mol.